The minimum absolute atomic E-state index is 0.0563. The number of hydrogen-bond donors (Lipinski definition) is 3. The zero-order chi connectivity index (χ0) is 18.3. The highest BCUT2D eigenvalue weighted by Crippen LogP contribution is 2.49. The van der Waals surface area contributed by atoms with E-state index in [2.05, 4.69) is 4.84 Å². The van der Waals surface area contributed by atoms with E-state index in [4.69, 9.17) is 10.6 Å². The number of ether oxygens (including phenoxy) is 1. The number of rotatable bonds is 2. The van der Waals surface area contributed by atoms with Crippen LogP contribution < -0.4 is 10.6 Å². The van der Waals surface area contributed by atoms with Crippen LogP contribution >= 0.6 is 0 Å². The Bertz CT molecular complexity index is 963. The van der Waals surface area contributed by atoms with E-state index in [9.17, 15) is 15.0 Å². The van der Waals surface area contributed by atoms with E-state index < -0.39 is 5.97 Å². The maximum atomic E-state index is 12.2. The second-order valence-electron chi connectivity index (χ2n) is 5.97. The third-order valence-corrected chi connectivity index (χ3v) is 4.43. The van der Waals surface area contributed by atoms with Gasteiger partial charge in [0.2, 0.25) is 0 Å². The Balaban J connectivity index is 1.99. The van der Waals surface area contributed by atoms with Gasteiger partial charge in [0.15, 0.2) is 0 Å². The van der Waals surface area contributed by atoms with E-state index in [1.807, 2.05) is 12.1 Å². The van der Waals surface area contributed by atoms with E-state index in [-0.39, 0.29) is 17.4 Å². The fourth-order valence-corrected chi connectivity index (χ4v) is 3.32. The summed E-state index contributed by atoms with van der Waals surface area (Å²) in [4.78, 5) is 16.6. The van der Waals surface area contributed by atoms with E-state index >= 15 is 0 Å². The molecule has 3 aromatic rings. The largest absolute Gasteiger partial charge is 0.508 e. The molecule has 0 bridgehead atoms. The molecule has 0 saturated carbocycles. The van der Waals surface area contributed by atoms with Gasteiger partial charge in [-0.1, -0.05) is 30.3 Å². The summed E-state index contributed by atoms with van der Waals surface area (Å²) in [5.74, 6) is 5.10. The van der Waals surface area contributed by atoms with Crippen molar-refractivity contribution in [1.82, 2.24) is 0 Å². The normalized spacial score (nSPS) is 12.7. The van der Waals surface area contributed by atoms with Crippen molar-refractivity contribution in [2.45, 2.75) is 5.92 Å². The van der Waals surface area contributed by atoms with Gasteiger partial charge in [-0.3, -0.25) is 0 Å². The summed E-state index contributed by atoms with van der Waals surface area (Å²) in [6.07, 6.45) is 0. The molecular weight excluding hydrogens is 334 g/mol. The lowest BCUT2D eigenvalue weighted by atomic mass is 9.80. The molecule has 0 spiro atoms. The highest BCUT2D eigenvalue weighted by atomic mass is 16.7. The molecule has 1 heterocycles. The minimum atomic E-state index is -0.646. The third kappa shape index (κ3) is 2.53. The number of aromatic hydroxyl groups is 2. The molecule has 4 N–H and O–H groups in total. The molecule has 0 atom stereocenters. The summed E-state index contributed by atoms with van der Waals surface area (Å²) in [6.45, 7) is 0. The van der Waals surface area contributed by atoms with Gasteiger partial charge in [-0.15, -0.1) is 0 Å². The molecule has 4 rings (SSSR count). The lowest BCUT2D eigenvalue weighted by molar-refractivity contribution is 0.0502. The summed E-state index contributed by atoms with van der Waals surface area (Å²) in [7, 11) is 0. The van der Waals surface area contributed by atoms with Crippen LogP contribution in [-0.2, 0) is 4.84 Å². The quantitative estimate of drug-likeness (QED) is 0.479. The zero-order valence-corrected chi connectivity index (χ0v) is 13.5. The van der Waals surface area contributed by atoms with Crippen molar-refractivity contribution in [1.29, 1.82) is 0 Å². The number of carbonyl (C=O) groups is 1. The number of hydrogen-bond acceptors (Lipinski definition) is 6. The number of phenols is 2. The molecule has 0 fully saturated rings. The van der Waals surface area contributed by atoms with E-state index in [0.29, 0.717) is 22.6 Å². The van der Waals surface area contributed by atoms with Crippen LogP contribution in [0.25, 0.3) is 0 Å². The molecule has 130 valence electrons. The van der Waals surface area contributed by atoms with Crippen molar-refractivity contribution in [3.05, 3.63) is 82.9 Å². The summed E-state index contributed by atoms with van der Waals surface area (Å²) >= 11 is 0. The Morgan fingerprint density at radius 1 is 0.885 bits per heavy atom. The second kappa shape index (κ2) is 6.09. The Morgan fingerprint density at radius 3 is 2.04 bits per heavy atom. The predicted octanol–water partition coefficient (Wildman–Crippen LogP) is 3.41. The average molecular weight is 349 g/mol. The number of benzene rings is 3. The molecule has 0 aromatic heterocycles. The SMILES string of the molecule is NOC(=O)c1ccccc1C1c2ccc(O)cc2Oc2cc(O)ccc21. The first-order valence-corrected chi connectivity index (χ1v) is 7.92. The van der Waals surface area contributed by atoms with Crippen LogP contribution in [0.5, 0.6) is 23.0 Å². The average Bonchev–Trinajstić information content (AvgIpc) is 2.65. The van der Waals surface area contributed by atoms with E-state index in [1.54, 1.807) is 36.4 Å². The summed E-state index contributed by atoms with van der Waals surface area (Å²) in [5.41, 5.74) is 2.57. The van der Waals surface area contributed by atoms with Gasteiger partial charge in [0.05, 0.1) is 5.56 Å². The highest BCUT2D eigenvalue weighted by molar-refractivity contribution is 5.91. The smallest absolute Gasteiger partial charge is 0.356 e. The van der Waals surface area contributed by atoms with Gasteiger partial charge in [0, 0.05) is 29.2 Å². The van der Waals surface area contributed by atoms with Crippen LogP contribution in [0.2, 0.25) is 0 Å². The van der Waals surface area contributed by atoms with Crippen molar-refractivity contribution in [2.24, 2.45) is 5.90 Å². The zero-order valence-electron chi connectivity index (χ0n) is 13.5. The fraction of sp³-hybridized carbons (Fsp3) is 0.0500. The summed E-state index contributed by atoms with van der Waals surface area (Å²) < 4.78 is 5.86. The van der Waals surface area contributed by atoms with Crippen molar-refractivity contribution < 1.29 is 24.6 Å². The van der Waals surface area contributed by atoms with Crippen LogP contribution in [0.1, 0.15) is 33.0 Å². The Labute approximate surface area is 149 Å². The van der Waals surface area contributed by atoms with E-state index in [0.717, 1.165) is 11.1 Å². The monoisotopic (exact) mass is 349 g/mol. The minimum Gasteiger partial charge on any atom is -0.508 e. The van der Waals surface area contributed by atoms with Crippen LogP contribution in [-0.4, -0.2) is 16.2 Å². The van der Waals surface area contributed by atoms with Gasteiger partial charge in [0.25, 0.3) is 0 Å². The maximum Gasteiger partial charge on any atom is 0.356 e. The van der Waals surface area contributed by atoms with Gasteiger partial charge in [-0.2, -0.15) is 5.90 Å². The molecule has 0 saturated heterocycles. The molecular formula is C20H15NO5. The fourth-order valence-electron chi connectivity index (χ4n) is 3.32. The van der Waals surface area contributed by atoms with Crippen molar-refractivity contribution >= 4 is 5.97 Å². The van der Waals surface area contributed by atoms with Crippen LogP contribution in [0.15, 0.2) is 60.7 Å². The number of fused-ring (bicyclic) bond motifs is 2. The Hall–Kier alpha value is -3.51. The molecule has 1 aliphatic rings. The number of phenolic OH excluding ortho intramolecular Hbond substituents is 2. The molecule has 0 aliphatic carbocycles. The summed E-state index contributed by atoms with van der Waals surface area (Å²) in [5, 5.41) is 19.6. The Morgan fingerprint density at radius 2 is 1.46 bits per heavy atom. The number of nitrogens with two attached hydrogens (primary N) is 1. The molecule has 0 amide bonds. The Kier molecular flexibility index (Phi) is 3.74. The van der Waals surface area contributed by atoms with Crippen LogP contribution in [0, 0.1) is 0 Å². The first kappa shape index (κ1) is 16.0. The molecule has 26 heavy (non-hydrogen) atoms. The van der Waals surface area contributed by atoms with Crippen molar-refractivity contribution in [3.63, 3.8) is 0 Å². The molecule has 3 aromatic carbocycles. The molecule has 0 unspecified atom stereocenters. The standard InChI is InChI=1S/C20H15NO5/c21-26-20(24)14-4-2-1-3-13(14)19-15-7-5-11(22)9-17(15)25-18-10-12(23)6-8-16(18)19/h1-10,19,22-23H,21H2. The van der Waals surface area contributed by atoms with E-state index in [1.165, 1.54) is 12.1 Å². The predicted molar refractivity (Wildman–Crippen MR) is 93.3 cm³/mol. The first-order chi connectivity index (χ1) is 12.6. The topological polar surface area (TPSA) is 102 Å². The molecule has 6 heteroatoms. The van der Waals surface area contributed by atoms with Gasteiger partial charge in [-0.05, 0) is 23.8 Å². The highest BCUT2D eigenvalue weighted by Gasteiger charge is 2.32. The van der Waals surface area contributed by atoms with Gasteiger partial charge >= 0.3 is 5.97 Å². The number of carbonyl (C=O) groups excluding carboxylic acids is 1. The van der Waals surface area contributed by atoms with Gasteiger partial charge in [-0.25, -0.2) is 4.79 Å². The van der Waals surface area contributed by atoms with Crippen molar-refractivity contribution in [2.75, 3.05) is 0 Å². The lowest BCUT2D eigenvalue weighted by Crippen LogP contribution is -2.17. The van der Waals surface area contributed by atoms with Gasteiger partial charge < -0.3 is 19.8 Å². The van der Waals surface area contributed by atoms with Crippen LogP contribution in [0.3, 0.4) is 0 Å². The molecule has 6 nitrogen and oxygen atoms in total. The van der Waals surface area contributed by atoms with Crippen molar-refractivity contribution in [3.8, 4) is 23.0 Å². The third-order valence-electron chi connectivity index (χ3n) is 4.43. The van der Waals surface area contributed by atoms with Crippen LogP contribution in [0.4, 0.5) is 0 Å². The maximum absolute atomic E-state index is 12.2. The first-order valence-electron chi connectivity index (χ1n) is 7.92. The molecule has 0 radical (unpaired) electrons. The lowest BCUT2D eigenvalue weighted by Gasteiger charge is -2.29. The van der Waals surface area contributed by atoms with Gasteiger partial charge in [0.1, 0.15) is 23.0 Å². The summed E-state index contributed by atoms with van der Waals surface area (Å²) in [6, 6.07) is 16.6. The molecule has 1 aliphatic heterocycles. The second-order valence-corrected chi connectivity index (χ2v) is 5.97.